The van der Waals surface area contributed by atoms with Crippen LogP contribution in [0.4, 0.5) is 0 Å². The minimum atomic E-state index is -0.125. The van der Waals surface area contributed by atoms with E-state index < -0.39 is 0 Å². The Hall–Kier alpha value is -1.10. The van der Waals surface area contributed by atoms with Crippen LogP contribution in [0, 0.1) is 5.92 Å². The van der Waals surface area contributed by atoms with Gasteiger partial charge in [-0.2, -0.15) is 0 Å². The lowest BCUT2D eigenvalue weighted by Crippen LogP contribution is -3.14. The summed E-state index contributed by atoms with van der Waals surface area (Å²) in [4.78, 5) is 24.4. The average molecular weight is 256 g/mol. The standard InChI is InChI=1S/C13H25N3O2/c1-10(2)15-12(17)7-14-13(18)9-16-6-4-5-11(3)8-16/h10-11H,4-9H2,1-3H3,(H,14,18)(H,15,17)/p+1/t11-/m1/s1. The SMILES string of the molecule is CC(C)NC(=O)CNC(=O)C[NH+]1CCC[C@@H](C)C1. The van der Waals surface area contributed by atoms with Crippen molar-refractivity contribution in [1.29, 1.82) is 0 Å². The van der Waals surface area contributed by atoms with Crippen molar-refractivity contribution in [3.63, 3.8) is 0 Å². The molecule has 0 aliphatic carbocycles. The molecule has 18 heavy (non-hydrogen) atoms. The van der Waals surface area contributed by atoms with Crippen LogP contribution in [0.1, 0.15) is 33.6 Å². The molecule has 3 N–H and O–H groups in total. The van der Waals surface area contributed by atoms with E-state index in [0.29, 0.717) is 12.5 Å². The highest BCUT2D eigenvalue weighted by molar-refractivity contribution is 5.85. The van der Waals surface area contributed by atoms with Crippen molar-refractivity contribution >= 4 is 11.8 Å². The number of amides is 2. The second-order valence-corrected chi connectivity index (χ2v) is 5.63. The highest BCUT2D eigenvalue weighted by Crippen LogP contribution is 2.04. The van der Waals surface area contributed by atoms with Gasteiger partial charge in [-0.05, 0) is 26.7 Å². The largest absolute Gasteiger partial charge is 0.352 e. The van der Waals surface area contributed by atoms with E-state index in [1.165, 1.54) is 17.7 Å². The maximum Gasteiger partial charge on any atom is 0.275 e. The molecule has 104 valence electrons. The molecule has 1 saturated heterocycles. The number of rotatable bonds is 5. The van der Waals surface area contributed by atoms with Gasteiger partial charge < -0.3 is 15.5 Å². The zero-order valence-electron chi connectivity index (χ0n) is 11.7. The van der Waals surface area contributed by atoms with E-state index in [1.807, 2.05) is 13.8 Å². The Kier molecular flexibility index (Phi) is 6.12. The van der Waals surface area contributed by atoms with Gasteiger partial charge in [0.15, 0.2) is 6.54 Å². The van der Waals surface area contributed by atoms with Crippen molar-refractivity contribution in [2.24, 2.45) is 5.92 Å². The number of nitrogens with one attached hydrogen (secondary N) is 3. The van der Waals surface area contributed by atoms with Gasteiger partial charge in [0.1, 0.15) is 0 Å². The van der Waals surface area contributed by atoms with Crippen molar-refractivity contribution in [3.8, 4) is 0 Å². The number of quaternary nitrogens is 1. The first-order valence-corrected chi connectivity index (χ1v) is 6.87. The lowest BCUT2D eigenvalue weighted by molar-refractivity contribution is -0.900. The molecule has 0 spiro atoms. The van der Waals surface area contributed by atoms with Gasteiger partial charge in [0.05, 0.1) is 19.6 Å². The molecule has 1 aliphatic rings. The van der Waals surface area contributed by atoms with Crippen LogP contribution in [0.2, 0.25) is 0 Å². The number of hydrogen-bond donors (Lipinski definition) is 3. The number of piperidine rings is 1. The third kappa shape index (κ3) is 6.00. The fourth-order valence-corrected chi connectivity index (χ4v) is 2.40. The summed E-state index contributed by atoms with van der Waals surface area (Å²) in [6, 6.07) is 0.114. The summed E-state index contributed by atoms with van der Waals surface area (Å²) >= 11 is 0. The Morgan fingerprint density at radius 2 is 2.06 bits per heavy atom. The van der Waals surface area contributed by atoms with Gasteiger partial charge in [-0.3, -0.25) is 9.59 Å². The molecule has 0 radical (unpaired) electrons. The monoisotopic (exact) mass is 256 g/mol. The molecule has 0 aromatic rings. The van der Waals surface area contributed by atoms with Crippen LogP contribution >= 0.6 is 0 Å². The van der Waals surface area contributed by atoms with Gasteiger partial charge in [-0.25, -0.2) is 0 Å². The molecule has 1 aliphatic heterocycles. The zero-order valence-corrected chi connectivity index (χ0v) is 11.7. The van der Waals surface area contributed by atoms with Crippen LogP contribution in [-0.4, -0.2) is 44.0 Å². The van der Waals surface area contributed by atoms with Gasteiger partial charge in [-0.15, -0.1) is 0 Å². The maximum atomic E-state index is 11.7. The average Bonchev–Trinajstić information content (AvgIpc) is 2.25. The summed E-state index contributed by atoms with van der Waals surface area (Å²) in [6.45, 7) is 8.73. The summed E-state index contributed by atoms with van der Waals surface area (Å²) in [6.07, 6.45) is 2.46. The first-order valence-electron chi connectivity index (χ1n) is 6.87. The molecule has 0 aromatic heterocycles. The first kappa shape index (κ1) is 15.0. The highest BCUT2D eigenvalue weighted by atomic mass is 16.2. The molecule has 0 saturated carbocycles. The highest BCUT2D eigenvalue weighted by Gasteiger charge is 2.21. The second-order valence-electron chi connectivity index (χ2n) is 5.63. The van der Waals surface area contributed by atoms with Crippen LogP contribution in [0.3, 0.4) is 0 Å². The van der Waals surface area contributed by atoms with Gasteiger partial charge in [0.2, 0.25) is 5.91 Å². The van der Waals surface area contributed by atoms with Crippen LogP contribution in [0.25, 0.3) is 0 Å². The number of carbonyl (C=O) groups excluding carboxylic acids is 2. The predicted molar refractivity (Wildman–Crippen MR) is 70.3 cm³/mol. The van der Waals surface area contributed by atoms with E-state index >= 15 is 0 Å². The normalized spacial score (nSPS) is 23.8. The van der Waals surface area contributed by atoms with Crippen LogP contribution in [0.5, 0.6) is 0 Å². The van der Waals surface area contributed by atoms with Crippen molar-refractivity contribution < 1.29 is 14.5 Å². The zero-order chi connectivity index (χ0) is 13.5. The molecule has 0 aromatic carbocycles. The summed E-state index contributed by atoms with van der Waals surface area (Å²) in [5.74, 6) is 0.546. The molecule has 0 bridgehead atoms. The molecular weight excluding hydrogens is 230 g/mol. The smallest absolute Gasteiger partial charge is 0.275 e. The van der Waals surface area contributed by atoms with Crippen molar-refractivity contribution in [1.82, 2.24) is 10.6 Å². The summed E-state index contributed by atoms with van der Waals surface area (Å²) in [5.41, 5.74) is 0. The van der Waals surface area contributed by atoms with E-state index in [0.717, 1.165) is 13.1 Å². The third-order valence-electron chi connectivity index (χ3n) is 3.17. The Labute approximate surface area is 109 Å². The van der Waals surface area contributed by atoms with Crippen molar-refractivity contribution in [3.05, 3.63) is 0 Å². The van der Waals surface area contributed by atoms with E-state index in [9.17, 15) is 9.59 Å². The minimum absolute atomic E-state index is 0.0296. The van der Waals surface area contributed by atoms with Gasteiger partial charge in [-0.1, -0.05) is 6.92 Å². The Morgan fingerprint density at radius 3 is 2.67 bits per heavy atom. The van der Waals surface area contributed by atoms with E-state index in [2.05, 4.69) is 17.6 Å². The molecule has 1 fully saturated rings. The lowest BCUT2D eigenvalue weighted by atomic mass is 10.0. The number of carbonyl (C=O) groups is 2. The minimum Gasteiger partial charge on any atom is -0.352 e. The maximum absolute atomic E-state index is 11.7. The van der Waals surface area contributed by atoms with E-state index in [4.69, 9.17) is 0 Å². The van der Waals surface area contributed by atoms with Gasteiger partial charge in [0, 0.05) is 12.0 Å². The van der Waals surface area contributed by atoms with Crippen LogP contribution < -0.4 is 15.5 Å². The third-order valence-corrected chi connectivity index (χ3v) is 3.17. The molecule has 1 rings (SSSR count). The number of likely N-dealkylation sites (tertiary alicyclic amines) is 1. The van der Waals surface area contributed by atoms with Crippen molar-refractivity contribution in [2.45, 2.75) is 39.7 Å². The fraction of sp³-hybridized carbons (Fsp3) is 0.846. The Bertz CT molecular complexity index is 292. The molecule has 5 nitrogen and oxygen atoms in total. The molecule has 2 atom stereocenters. The van der Waals surface area contributed by atoms with E-state index in [1.54, 1.807) is 0 Å². The Balaban J connectivity index is 2.19. The summed E-state index contributed by atoms with van der Waals surface area (Å²) in [5, 5.41) is 5.43. The predicted octanol–water partition coefficient (Wildman–Crippen LogP) is -1.06. The first-order chi connectivity index (χ1) is 8.47. The quantitative estimate of drug-likeness (QED) is 0.587. The van der Waals surface area contributed by atoms with Gasteiger partial charge in [0.25, 0.3) is 5.91 Å². The molecule has 1 unspecified atom stereocenters. The van der Waals surface area contributed by atoms with Crippen LogP contribution in [-0.2, 0) is 9.59 Å². The molecule has 1 heterocycles. The van der Waals surface area contributed by atoms with Gasteiger partial charge >= 0.3 is 0 Å². The molecular formula is C13H26N3O2+. The van der Waals surface area contributed by atoms with Crippen molar-refractivity contribution in [2.75, 3.05) is 26.2 Å². The van der Waals surface area contributed by atoms with Crippen LogP contribution in [0.15, 0.2) is 0 Å². The summed E-state index contributed by atoms with van der Waals surface area (Å²) < 4.78 is 0. The van der Waals surface area contributed by atoms with E-state index in [-0.39, 0.29) is 24.4 Å². The summed E-state index contributed by atoms with van der Waals surface area (Å²) in [7, 11) is 0. The molecule has 5 heteroatoms. The lowest BCUT2D eigenvalue weighted by Gasteiger charge is -2.27. The molecule has 2 amide bonds. The second kappa shape index (κ2) is 7.36. The Morgan fingerprint density at radius 1 is 1.33 bits per heavy atom. The topological polar surface area (TPSA) is 62.6 Å². The fourth-order valence-electron chi connectivity index (χ4n) is 2.40. The number of hydrogen-bond acceptors (Lipinski definition) is 2.